The zero-order chi connectivity index (χ0) is 15.9. The number of hydrogen-bond acceptors (Lipinski definition) is 6. The van der Waals surface area contributed by atoms with Crippen LogP contribution in [0.1, 0.15) is 30.7 Å². The molecule has 1 N–H and O–H groups in total. The van der Waals surface area contributed by atoms with Crippen LogP contribution in [0.2, 0.25) is 0 Å². The minimum atomic E-state index is -3.06. The first-order valence-electron chi connectivity index (χ1n) is 8.28. The summed E-state index contributed by atoms with van der Waals surface area (Å²) in [6.45, 7) is 4.03. The summed E-state index contributed by atoms with van der Waals surface area (Å²) in [6, 6.07) is 0. The normalized spacial score (nSPS) is 27.9. The Bertz CT molecular complexity index is 627. The third-order valence-corrected chi connectivity index (χ3v) is 7.72. The van der Waals surface area contributed by atoms with Gasteiger partial charge in [0.25, 0.3) is 0 Å². The fourth-order valence-electron chi connectivity index (χ4n) is 3.46. The first-order chi connectivity index (χ1) is 11.0. The van der Waals surface area contributed by atoms with Gasteiger partial charge in [0.2, 0.25) is 10.0 Å². The topological polar surface area (TPSA) is 71.5 Å². The van der Waals surface area contributed by atoms with Crippen molar-refractivity contribution in [3.63, 3.8) is 0 Å². The van der Waals surface area contributed by atoms with Crippen LogP contribution in [-0.2, 0) is 21.3 Å². The number of sulfonamides is 1. The van der Waals surface area contributed by atoms with Gasteiger partial charge in [-0.25, -0.2) is 18.1 Å². The van der Waals surface area contributed by atoms with Crippen molar-refractivity contribution in [2.24, 2.45) is 5.92 Å². The Labute approximate surface area is 141 Å². The van der Waals surface area contributed by atoms with Crippen LogP contribution >= 0.6 is 11.3 Å². The van der Waals surface area contributed by atoms with Crippen LogP contribution in [0.4, 0.5) is 0 Å². The molecule has 1 aliphatic carbocycles. The van der Waals surface area contributed by atoms with Crippen LogP contribution in [0.5, 0.6) is 0 Å². The van der Waals surface area contributed by atoms with Crippen LogP contribution in [0.15, 0.2) is 11.6 Å². The van der Waals surface area contributed by atoms with Gasteiger partial charge in [-0.05, 0) is 31.6 Å². The van der Waals surface area contributed by atoms with Gasteiger partial charge in [-0.3, -0.25) is 4.90 Å². The lowest BCUT2D eigenvalue weighted by molar-refractivity contribution is -0.181. The van der Waals surface area contributed by atoms with Crippen LogP contribution in [0, 0.1) is 5.92 Å². The number of hydrogen-bond donors (Lipinski definition) is 1. The lowest BCUT2D eigenvalue weighted by atomic mass is 9.83. The number of thiazole rings is 1. The molecular formula is C15H23N3O3S2. The van der Waals surface area contributed by atoms with E-state index < -0.39 is 10.0 Å². The third kappa shape index (κ3) is 3.61. The second-order valence-corrected chi connectivity index (χ2v) is 10.1. The van der Waals surface area contributed by atoms with Crippen molar-refractivity contribution in [1.82, 2.24) is 14.6 Å². The molecule has 3 aliphatic rings. The highest BCUT2D eigenvalue weighted by molar-refractivity contribution is 7.90. The van der Waals surface area contributed by atoms with Gasteiger partial charge in [-0.1, -0.05) is 0 Å². The highest BCUT2D eigenvalue weighted by Crippen LogP contribution is 2.37. The molecule has 2 saturated heterocycles. The van der Waals surface area contributed by atoms with Crippen molar-refractivity contribution < 1.29 is 13.2 Å². The van der Waals surface area contributed by atoms with E-state index in [9.17, 15) is 8.42 Å². The molecule has 0 amide bonds. The molecule has 3 fully saturated rings. The lowest BCUT2D eigenvalue weighted by Gasteiger charge is -2.52. The van der Waals surface area contributed by atoms with Gasteiger partial charge in [-0.2, -0.15) is 0 Å². The maximum absolute atomic E-state index is 11.9. The standard InChI is InChI=1S/C15H23N3O3S2/c19-23(20,13-1-2-13)17-7-12-3-4-15(21-9-12)10-18(11-15)8-14-16-5-6-22-14/h5-6,12-13,17H,1-4,7-11H2/t12-/m0/s1. The summed E-state index contributed by atoms with van der Waals surface area (Å²) in [7, 11) is -3.06. The highest BCUT2D eigenvalue weighted by atomic mass is 32.2. The van der Waals surface area contributed by atoms with Crippen molar-refractivity contribution in [2.45, 2.75) is 43.1 Å². The monoisotopic (exact) mass is 357 g/mol. The average Bonchev–Trinajstić information content (AvgIpc) is 3.25. The summed E-state index contributed by atoms with van der Waals surface area (Å²) in [4.78, 5) is 6.69. The fraction of sp³-hybridized carbons (Fsp3) is 0.800. The van der Waals surface area contributed by atoms with E-state index in [1.54, 1.807) is 11.3 Å². The number of rotatable bonds is 6. The first-order valence-corrected chi connectivity index (χ1v) is 10.7. The van der Waals surface area contributed by atoms with Gasteiger partial charge in [-0.15, -0.1) is 11.3 Å². The largest absolute Gasteiger partial charge is 0.372 e. The minimum absolute atomic E-state index is 0.00310. The van der Waals surface area contributed by atoms with E-state index in [0.717, 1.165) is 50.3 Å². The Balaban J connectivity index is 1.20. The molecule has 0 radical (unpaired) electrons. The molecule has 1 saturated carbocycles. The molecule has 0 bridgehead atoms. The van der Waals surface area contributed by atoms with E-state index in [4.69, 9.17) is 4.74 Å². The average molecular weight is 358 g/mol. The number of nitrogens with one attached hydrogen (secondary N) is 1. The predicted octanol–water partition coefficient (Wildman–Crippen LogP) is 1.21. The van der Waals surface area contributed by atoms with Gasteiger partial charge in [0, 0.05) is 31.2 Å². The van der Waals surface area contributed by atoms with E-state index in [1.807, 2.05) is 11.6 Å². The molecular weight excluding hydrogens is 334 g/mol. The Hall–Kier alpha value is -0.540. The van der Waals surface area contributed by atoms with Crippen molar-refractivity contribution in [1.29, 1.82) is 0 Å². The van der Waals surface area contributed by atoms with Crippen molar-refractivity contribution in [3.8, 4) is 0 Å². The number of likely N-dealkylation sites (tertiary alicyclic amines) is 1. The summed E-state index contributed by atoms with van der Waals surface area (Å²) in [5.41, 5.74) is 0.00310. The SMILES string of the molecule is O=S(=O)(NC[C@@H]1CCC2(CN(Cc3nccs3)C2)OC1)C1CC1. The van der Waals surface area contributed by atoms with E-state index in [-0.39, 0.29) is 10.9 Å². The Kier molecular flexibility index (Phi) is 4.21. The molecule has 4 rings (SSSR count). The highest BCUT2D eigenvalue weighted by Gasteiger charge is 2.46. The molecule has 1 atom stereocenters. The molecule has 1 spiro atoms. The molecule has 2 aliphatic heterocycles. The summed E-state index contributed by atoms with van der Waals surface area (Å²) in [5, 5.41) is 3.03. The van der Waals surface area contributed by atoms with Gasteiger partial charge >= 0.3 is 0 Å². The summed E-state index contributed by atoms with van der Waals surface area (Å²) in [5.74, 6) is 0.308. The zero-order valence-corrected chi connectivity index (χ0v) is 14.7. The van der Waals surface area contributed by atoms with Gasteiger partial charge < -0.3 is 4.74 Å². The fourth-order valence-corrected chi connectivity index (χ4v) is 5.58. The first kappa shape index (κ1) is 16.0. The van der Waals surface area contributed by atoms with Crippen molar-refractivity contribution >= 4 is 21.4 Å². The molecule has 1 aromatic rings. The maximum Gasteiger partial charge on any atom is 0.214 e. The molecule has 0 unspecified atom stereocenters. The van der Waals surface area contributed by atoms with E-state index in [2.05, 4.69) is 14.6 Å². The molecule has 1 aromatic heterocycles. The molecule has 128 valence electrons. The number of aromatic nitrogens is 1. The third-order valence-electron chi connectivity index (χ3n) is 5.04. The lowest BCUT2D eigenvalue weighted by Crippen LogP contribution is -2.64. The zero-order valence-electron chi connectivity index (χ0n) is 13.1. The van der Waals surface area contributed by atoms with E-state index in [0.29, 0.717) is 19.1 Å². The molecule has 6 nitrogen and oxygen atoms in total. The van der Waals surface area contributed by atoms with E-state index >= 15 is 0 Å². The second-order valence-electron chi connectivity index (χ2n) is 7.06. The van der Waals surface area contributed by atoms with Crippen LogP contribution in [-0.4, -0.2) is 55.4 Å². The van der Waals surface area contributed by atoms with Gasteiger partial charge in [0.05, 0.1) is 24.0 Å². The molecule has 0 aromatic carbocycles. The summed E-state index contributed by atoms with van der Waals surface area (Å²) < 4.78 is 32.6. The number of nitrogens with zero attached hydrogens (tertiary/aromatic N) is 2. The molecule has 3 heterocycles. The number of ether oxygens (including phenoxy) is 1. The van der Waals surface area contributed by atoms with E-state index in [1.165, 1.54) is 0 Å². The smallest absolute Gasteiger partial charge is 0.214 e. The minimum Gasteiger partial charge on any atom is -0.372 e. The Morgan fingerprint density at radius 3 is 2.83 bits per heavy atom. The summed E-state index contributed by atoms with van der Waals surface area (Å²) >= 11 is 1.69. The second kappa shape index (κ2) is 6.07. The van der Waals surface area contributed by atoms with Gasteiger partial charge in [0.1, 0.15) is 5.01 Å². The van der Waals surface area contributed by atoms with Crippen molar-refractivity contribution in [3.05, 3.63) is 16.6 Å². The molecule has 23 heavy (non-hydrogen) atoms. The predicted molar refractivity (Wildman–Crippen MR) is 88.7 cm³/mol. The van der Waals surface area contributed by atoms with Gasteiger partial charge in [0.15, 0.2) is 0 Å². The Morgan fingerprint density at radius 1 is 1.39 bits per heavy atom. The Morgan fingerprint density at radius 2 is 2.22 bits per heavy atom. The molecule has 8 heteroatoms. The van der Waals surface area contributed by atoms with Crippen LogP contribution < -0.4 is 4.72 Å². The van der Waals surface area contributed by atoms with Crippen LogP contribution in [0.25, 0.3) is 0 Å². The maximum atomic E-state index is 11.9. The van der Waals surface area contributed by atoms with Crippen LogP contribution in [0.3, 0.4) is 0 Å². The van der Waals surface area contributed by atoms with Crippen molar-refractivity contribution in [2.75, 3.05) is 26.2 Å². The quantitative estimate of drug-likeness (QED) is 0.828. The summed E-state index contributed by atoms with van der Waals surface area (Å²) in [6.07, 6.45) is 5.54.